The average Bonchev–Trinajstić information content (AvgIpc) is 3.47. The maximum Gasteiger partial charge on any atom is 0.410 e. The Bertz CT molecular complexity index is 1110. The monoisotopic (exact) mass is 480 g/mol. The van der Waals surface area contributed by atoms with Crippen molar-refractivity contribution in [1.29, 1.82) is 0 Å². The third-order valence-electron chi connectivity index (χ3n) is 5.46. The molecule has 0 spiro atoms. The Balaban J connectivity index is 1.45. The lowest BCUT2D eigenvalue weighted by molar-refractivity contribution is -0.173. The molecule has 0 aliphatic carbocycles. The highest BCUT2D eigenvalue weighted by Gasteiger charge is 2.47. The number of fused-ring (bicyclic) bond motifs is 1. The van der Waals surface area contributed by atoms with Crippen LogP contribution < -0.4 is 20.1 Å². The van der Waals surface area contributed by atoms with Crippen LogP contribution in [0.3, 0.4) is 0 Å². The van der Waals surface area contributed by atoms with Crippen LogP contribution in [0.4, 0.5) is 19.0 Å². The van der Waals surface area contributed by atoms with Gasteiger partial charge in [-0.25, -0.2) is 4.68 Å². The van der Waals surface area contributed by atoms with Gasteiger partial charge in [0.2, 0.25) is 0 Å². The minimum atomic E-state index is -4.49. The van der Waals surface area contributed by atoms with Crippen molar-refractivity contribution in [3.8, 4) is 11.5 Å². The Kier molecular flexibility index (Phi) is 6.50. The van der Waals surface area contributed by atoms with Crippen LogP contribution in [0.1, 0.15) is 39.4 Å². The van der Waals surface area contributed by atoms with E-state index in [-0.39, 0.29) is 24.5 Å². The minimum Gasteiger partial charge on any atom is -0.493 e. The molecule has 0 unspecified atom stereocenters. The number of amides is 1. The van der Waals surface area contributed by atoms with E-state index in [0.29, 0.717) is 17.9 Å². The molecule has 3 heterocycles. The molecule has 0 radical (unpaired) electrons. The molecule has 0 fully saturated rings. The zero-order chi connectivity index (χ0) is 23.6. The van der Waals surface area contributed by atoms with Crippen LogP contribution in [0, 0.1) is 0 Å². The average molecular weight is 481 g/mol. The van der Waals surface area contributed by atoms with Crippen LogP contribution >= 0.6 is 11.3 Å². The number of aromatic nitrogens is 2. The number of nitrogens with one attached hydrogen (secondary N) is 2. The zero-order valence-electron chi connectivity index (χ0n) is 18.0. The van der Waals surface area contributed by atoms with Crippen molar-refractivity contribution in [3.05, 3.63) is 57.9 Å². The predicted octanol–water partition coefficient (Wildman–Crippen LogP) is 4.59. The van der Waals surface area contributed by atoms with E-state index in [1.807, 2.05) is 17.5 Å². The molecule has 1 aliphatic heterocycles. The van der Waals surface area contributed by atoms with E-state index in [1.54, 1.807) is 25.3 Å². The Morgan fingerprint density at radius 3 is 2.70 bits per heavy atom. The van der Waals surface area contributed by atoms with Gasteiger partial charge in [0.15, 0.2) is 23.2 Å². The summed E-state index contributed by atoms with van der Waals surface area (Å²) in [4.78, 5) is 13.4. The molecule has 1 amide bonds. The maximum absolute atomic E-state index is 13.7. The highest BCUT2D eigenvalue weighted by molar-refractivity contribution is 7.10. The number of hydrogen-bond donors (Lipinski definition) is 2. The summed E-state index contributed by atoms with van der Waals surface area (Å²) in [5.41, 5.74) is 0.848. The molecule has 7 nitrogen and oxygen atoms in total. The van der Waals surface area contributed by atoms with E-state index in [2.05, 4.69) is 15.7 Å². The second-order valence-electron chi connectivity index (χ2n) is 7.56. The number of hydrogen-bond acceptors (Lipinski definition) is 6. The molecular formula is C22H23F3N4O3S. The summed E-state index contributed by atoms with van der Waals surface area (Å²) in [6, 6.07) is 8.08. The number of anilines is 1. The summed E-state index contributed by atoms with van der Waals surface area (Å²) in [5, 5.41) is 11.6. The van der Waals surface area contributed by atoms with Gasteiger partial charge in [-0.3, -0.25) is 4.79 Å². The molecular weight excluding hydrogens is 457 g/mol. The van der Waals surface area contributed by atoms with E-state index in [4.69, 9.17) is 9.47 Å². The van der Waals surface area contributed by atoms with Crippen LogP contribution in [0.25, 0.3) is 0 Å². The van der Waals surface area contributed by atoms with Crippen molar-refractivity contribution in [2.45, 2.75) is 31.1 Å². The van der Waals surface area contributed by atoms with E-state index >= 15 is 0 Å². The number of halogens is 3. The fourth-order valence-electron chi connectivity index (χ4n) is 3.81. The standard InChI is InChI=1S/C22H23F3N4O3S/c1-31-16-6-5-13(10-17(16)32-2)7-8-26-21(30)15-12-20-27-14(18-4-3-9-33-18)11-19(22(23,24)25)29(20)28-15/h3-6,9-10,12,14,19,27H,7-8,11H2,1-2H3,(H,26,30)/t14-,19+/m1/s1. The number of ether oxygens (including phenoxy) is 2. The fourth-order valence-corrected chi connectivity index (χ4v) is 4.60. The third-order valence-corrected chi connectivity index (χ3v) is 6.44. The Morgan fingerprint density at radius 1 is 1.24 bits per heavy atom. The maximum atomic E-state index is 13.7. The molecule has 11 heteroatoms. The number of alkyl halides is 3. The second-order valence-corrected chi connectivity index (χ2v) is 8.54. The van der Waals surface area contributed by atoms with Gasteiger partial charge in [-0.15, -0.1) is 11.3 Å². The van der Waals surface area contributed by atoms with Crippen LogP contribution in [0.2, 0.25) is 0 Å². The highest BCUT2D eigenvalue weighted by atomic mass is 32.1. The first-order valence-electron chi connectivity index (χ1n) is 10.3. The van der Waals surface area contributed by atoms with Crippen LogP contribution in [-0.4, -0.2) is 42.6 Å². The Hall–Kier alpha value is -3.21. The van der Waals surface area contributed by atoms with Gasteiger partial charge in [0, 0.05) is 23.9 Å². The topological polar surface area (TPSA) is 77.4 Å². The summed E-state index contributed by atoms with van der Waals surface area (Å²) in [7, 11) is 3.08. The number of thiophene rings is 1. The molecule has 2 N–H and O–H groups in total. The molecule has 1 aliphatic rings. The minimum absolute atomic E-state index is 0.0640. The van der Waals surface area contributed by atoms with Crippen LogP contribution in [0.15, 0.2) is 41.8 Å². The fraction of sp³-hybridized carbons (Fsp3) is 0.364. The van der Waals surface area contributed by atoms with Crippen LogP contribution in [-0.2, 0) is 6.42 Å². The number of methoxy groups -OCH3 is 2. The van der Waals surface area contributed by atoms with E-state index < -0.39 is 24.2 Å². The first kappa shape index (κ1) is 23.0. The summed E-state index contributed by atoms with van der Waals surface area (Å²) in [6.07, 6.45) is -4.18. The van der Waals surface area contributed by atoms with Gasteiger partial charge in [-0.2, -0.15) is 18.3 Å². The molecule has 33 heavy (non-hydrogen) atoms. The molecule has 1 aromatic carbocycles. The highest BCUT2D eigenvalue weighted by Crippen LogP contribution is 2.44. The SMILES string of the molecule is COc1ccc(CCNC(=O)c2cc3n(n2)[C@H](C(F)(F)F)C[C@H](c2cccs2)N3)cc1OC. The summed E-state index contributed by atoms with van der Waals surface area (Å²) in [6.45, 7) is 0.282. The molecule has 176 valence electrons. The van der Waals surface area contributed by atoms with Gasteiger partial charge in [-0.05, 0) is 35.6 Å². The van der Waals surface area contributed by atoms with Gasteiger partial charge in [0.1, 0.15) is 5.82 Å². The van der Waals surface area contributed by atoms with Gasteiger partial charge in [0.05, 0.1) is 20.3 Å². The van der Waals surface area contributed by atoms with E-state index in [1.165, 1.54) is 24.5 Å². The van der Waals surface area contributed by atoms with Crippen molar-refractivity contribution < 1.29 is 27.4 Å². The molecule has 2 atom stereocenters. The Morgan fingerprint density at radius 2 is 2.03 bits per heavy atom. The van der Waals surface area contributed by atoms with E-state index in [0.717, 1.165) is 15.1 Å². The van der Waals surface area contributed by atoms with Crippen molar-refractivity contribution >= 4 is 23.1 Å². The number of rotatable bonds is 7. The van der Waals surface area contributed by atoms with Gasteiger partial charge in [0.25, 0.3) is 5.91 Å². The lowest BCUT2D eigenvalue weighted by atomic mass is 10.0. The molecule has 0 saturated heterocycles. The number of carbonyl (C=O) groups is 1. The number of carbonyl (C=O) groups excluding carboxylic acids is 1. The smallest absolute Gasteiger partial charge is 0.410 e. The molecule has 0 saturated carbocycles. The van der Waals surface area contributed by atoms with Crippen molar-refractivity contribution in [2.75, 3.05) is 26.1 Å². The second kappa shape index (κ2) is 9.34. The molecule has 3 aromatic rings. The number of benzene rings is 1. The van der Waals surface area contributed by atoms with Crippen molar-refractivity contribution in [1.82, 2.24) is 15.1 Å². The van der Waals surface area contributed by atoms with Gasteiger partial charge >= 0.3 is 6.18 Å². The largest absolute Gasteiger partial charge is 0.493 e. The molecule has 2 aromatic heterocycles. The normalized spacial score (nSPS) is 17.7. The quantitative estimate of drug-likeness (QED) is 0.517. The third kappa shape index (κ3) is 4.92. The predicted molar refractivity (Wildman–Crippen MR) is 118 cm³/mol. The molecule has 4 rings (SSSR count). The zero-order valence-corrected chi connectivity index (χ0v) is 18.8. The summed E-state index contributed by atoms with van der Waals surface area (Å²) >= 11 is 1.39. The lowest BCUT2D eigenvalue weighted by Gasteiger charge is -2.32. The Labute approximate surface area is 192 Å². The van der Waals surface area contributed by atoms with Gasteiger partial charge < -0.3 is 20.1 Å². The van der Waals surface area contributed by atoms with Crippen molar-refractivity contribution in [3.63, 3.8) is 0 Å². The first-order valence-corrected chi connectivity index (χ1v) is 11.1. The summed E-state index contributed by atoms with van der Waals surface area (Å²) < 4.78 is 52.6. The van der Waals surface area contributed by atoms with Crippen LogP contribution in [0.5, 0.6) is 11.5 Å². The number of nitrogens with zero attached hydrogens (tertiary/aromatic N) is 2. The lowest BCUT2D eigenvalue weighted by Crippen LogP contribution is -2.35. The first-order chi connectivity index (χ1) is 15.8. The molecule has 0 bridgehead atoms. The summed E-state index contributed by atoms with van der Waals surface area (Å²) in [5.74, 6) is 0.814. The van der Waals surface area contributed by atoms with Gasteiger partial charge in [-0.1, -0.05) is 12.1 Å². The van der Waals surface area contributed by atoms with Crippen molar-refractivity contribution in [2.24, 2.45) is 0 Å². The van der Waals surface area contributed by atoms with E-state index in [9.17, 15) is 18.0 Å².